The molecule has 0 bridgehead atoms. The van der Waals surface area contributed by atoms with Gasteiger partial charge >= 0.3 is 0 Å². The van der Waals surface area contributed by atoms with Crippen LogP contribution in [0, 0.1) is 5.82 Å². The Morgan fingerprint density at radius 2 is 1.58 bits per heavy atom. The normalized spacial score (nSPS) is 17.6. The molecule has 4 heteroatoms. The van der Waals surface area contributed by atoms with E-state index in [1.807, 2.05) is 4.90 Å². The largest absolute Gasteiger partial charge is 0.332 e. The lowest BCUT2D eigenvalue weighted by Crippen LogP contribution is -2.38. The van der Waals surface area contributed by atoms with Crippen molar-refractivity contribution in [3.8, 4) is 0 Å². The molecule has 1 amide bonds. The van der Waals surface area contributed by atoms with E-state index in [4.69, 9.17) is 0 Å². The molecule has 0 aliphatic carbocycles. The quantitative estimate of drug-likeness (QED) is 0.785. The van der Waals surface area contributed by atoms with Crippen molar-refractivity contribution in [1.82, 2.24) is 4.90 Å². The van der Waals surface area contributed by atoms with Crippen LogP contribution in [0.4, 0.5) is 4.39 Å². The fourth-order valence-corrected chi connectivity index (χ4v) is 3.22. The topological polar surface area (TPSA) is 37.4 Å². The van der Waals surface area contributed by atoms with Gasteiger partial charge in [0.25, 0.3) is 5.91 Å². The molecule has 0 spiro atoms. The standard InChI is InChI=1S/C20H20FNO2/c1-14(23)15-5-7-17(8-6-15)20(24)22-13-3-2-4-19(22)16-9-11-18(21)12-10-16/h5-12,19H,2-4,13H2,1H3/t19-/m1/s1. The minimum atomic E-state index is -0.271. The zero-order chi connectivity index (χ0) is 17.1. The van der Waals surface area contributed by atoms with Crippen LogP contribution in [-0.2, 0) is 0 Å². The fourth-order valence-electron chi connectivity index (χ4n) is 3.22. The molecular formula is C20H20FNO2. The predicted octanol–water partition coefficient (Wildman–Crippen LogP) is 4.40. The Morgan fingerprint density at radius 1 is 0.958 bits per heavy atom. The Hall–Kier alpha value is -2.49. The number of benzene rings is 2. The predicted molar refractivity (Wildman–Crippen MR) is 90.5 cm³/mol. The second-order valence-electron chi connectivity index (χ2n) is 6.20. The zero-order valence-corrected chi connectivity index (χ0v) is 13.7. The zero-order valence-electron chi connectivity index (χ0n) is 13.7. The van der Waals surface area contributed by atoms with E-state index in [-0.39, 0.29) is 23.5 Å². The highest BCUT2D eigenvalue weighted by molar-refractivity contribution is 5.97. The number of amides is 1. The summed E-state index contributed by atoms with van der Waals surface area (Å²) in [6.07, 6.45) is 2.90. The van der Waals surface area contributed by atoms with Crippen molar-refractivity contribution in [2.45, 2.75) is 32.2 Å². The van der Waals surface area contributed by atoms with Gasteiger partial charge in [-0.1, -0.05) is 24.3 Å². The van der Waals surface area contributed by atoms with Crippen LogP contribution in [0.2, 0.25) is 0 Å². The summed E-state index contributed by atoms with van der Waals surface area (Å²) in [4.78, 5) is 26.1. The lowest BCUT2D eigenvalue weighted by atomic mass is 9.94. The van der Waals surface area contributed by atoms with Gasteiger partial charge in [-0.3, -0.25) is 9.59 Å². The van der Waals surface area contributed by atoms with Gasteiger partial charge in [0.2, 0.25) is 0 Å². The number of carbonyl (C=O) groups excluding carboxylic acids is 2. The number of piperidine rings is 1. The van der Waals surface area contributed by atoms with Crippen molar-refractivity contribution < 1.29 is 14.0 Å². The minimum absolute atomic E-state index is 0.0174. The summed E-state index contributed by atoms with van der Waals surface area (Å²) in [7, 11) is 0. The number of hydrogen-bond acceptors (Lipinski definition) is 2. The summed E-state index contributed by atoms with van der Waals surface area (Å²) in [5.74, 6) is -0.331. The highest BCUT2D eigenvalue weighted by Crippen LogP contribution is 2.32. The molecule has 3 nitrogen and oxygen atoms in total. The fraction of sp³-hybridized carbons (Fsp3) is 0.300. The Bertz CT molecular complexity index is 737. The summed E-state index contributed by atoms with van der Waals surface area (Å²) in [5, 5.41) is 0. The van der Waals surface area contributed by atoms with E-state index < -0.39 is 0 Å². The number of Topliss-reactive ketones (excluding diaryl/α,β-unsaturated/α-hetero) is 1. The van der Waals surface area contributed by atoms with Crippen LogP contribution >= 0.6 is 0 Å². The molecule has 0 N–H and O–H groups in total. The SMILES string of the molecule is CC(=O)c1ccc(C(=O)N2CCCC[C@@H]2c2ccc(F)cc2)cc1. The molecule has 3 rings (SSSR count). The Kier molecular flexibility index (Phi) is 4.74. The third-order valence-corrected chi connectivity index (χ3v) is 4.56. The van der Waals surface area contributed by atoms with Gasteiger partial charge in [-0.25, -0.2) is 4.39 Å². The van der Waals surface area contributed by atoms with Crippen LogP contribution in [-0.4, -0.2) is 23.1 Å². The highest BCUT2D eigenvalue weighted by atomic mass is 19.1. The van der Waals surface area contributed by atoms with Crippen molar-refractivity contribution >= 4 is 11.7 Å². The number of halogens is 1. The van der Waals surface area contributed by atoms with Crippen molar-refractivity contribution in [2.75, 3.05) is 6.54 Å². The summed E-state index contributed by atoms with van der Waals surface area (Å²) >= 11 is 0. The first-order valence-corrected chi connectivity index (χ1v) is 8.23. The van der Waals surface area contributed by atoms with Crippen LogP contribution in [0.1, 0.15) is 58.5 Å². The number of ketones is 1. The number of hydrogen-bond donors (Lipinski definition) is 0. The Labute approximate surface area is 141 Å². The molecule has 0 unspecified atom stereocenters. The van der Waals surface area contributed by atoms with Crippen molar-refractivity contribution in [1.29, 1.82) is 0 Å². The van der Waals surface area contributed by atoms with E-state index in [9.17, 15) is 14.0 Å². The average molecular weight is 325 g/mol. The summed E-state index contributed by atoms with van der Waals surface area (Å²) < 4.78 is 13.2. The minimum Gasteiger partial charge on any atom is -0.332 e. The highest BCUT2D eigenvalue weighted by Gasteiger charge is 2.28. The first-order chi connectivity index (χ1) is 11.6. The summed E-state index contributed by atoms with van der Waals surface area (Å²) in [5.41, 5.74) is 2.14. The van der Waals surface area contributed by atoms with Gasteiger partial charge < -0.3 is 4.90 Å². The van der Waals surface area contributed by atoms with E-state index in [0.29, 0.717) is 17.7 Å². The third-order valence-electron chi connectivity index (χ3n) is 4.56. The maximum Gasteiger partial charge on any atom is 0.254 e. The average Bonchev–Trinajstić information content (AvgIpc) is 2.62. The van der Waals surface area contributed by atoms with Crippen molar-refractivity contribution in [3.05, 3.63) is 71.0 Å². The van der Waals surface area contributed by atoms with Crippen LogP contribution < -0.4 is 0 Å². The molecule has 1 saturated heterocycles. The molecule has 1 heterocycles. The summed E-state index contributed by atoms with van der Waals surface area (Å²) in [6.45, 7) is 2.20. The molecule has 1 aliphatic heterocycles. The van der Waals surface area contributed by atoms with Crippen LogP contribution in [0.15, 0.2) is 48.5 Å². The molecule has 24 heavy (non-hydrogen) atoms. The lowest BCUT2D eigenvalue weighted by molar-refractivity contribution is 0.0611. The monoisotopic (exact) mass is 325 g/mol. The first kappa shape index (κ1) is 16.4. The maximum atomic E-state index is 13.2. The van der Waals surface area contributed by atoms with Gasteiger partial charge in [0.15, 0.2) is 5.78 Å². The second-order valence-corrected chi connectivity index (χ2v) is 6.20. The molecule has 1 atom stereocenters. The Balaban J connectivity index is 1.85. The molecule has 1 aliphatic rings. The maximum absolute atomic E-state index is 13.2. The van der Waals surface area contributed by atoms with Crippen molar-refractivity contribution in [2.24, 2.45) is 0 Å². The van der Waals surface area contributed by atoms with Gasteiger partial charge in [0, 0.05) is 17.7 Å². The van der Waals surface area contributed by atoms with E-state index >= 15 is 0 Å². The summed E-state index contributed by atoms with van der Waals surface area (Å²) in [6, 6.07) is 13.1. The van der Waals surface area contributed by atoms with E-state index in [1.54, 1.807) is 36.4 Å². The molecule has 2 aromatic rings. The molecule has 1 fully saturated rings. The van der Waals surface area contributed by atoms with Gasteiger partial charge in [0.1, 0.15) is 5.82 Å². The van der Waals surface area contributed by atoms with Gasteiger partial charge in [-0.05, 0) is 56.0 Å². The molecule has 0 radical (unpaired) electrons. The van der Waals surface area contributed by atoms with Gasteiger partial charge in [0.05, 0.1) is 6.04 Å². The molecule has 2 aromatic carbocycles. The molecular weight excluding hydrogens is 305 g/mol. The van der Waals surface area contributed by atoms with E-state index in [2.05, 4.69) is 0 Å². The Morgan fingerprint density at radius 3 is 2.21 bits per heavy atom. The van der Waals surface area contributed by atoms with E-state index in [1.165, 1.54) is 19.1 Å². The van der Waals surface area contributed by atoms with Gasteiger partial charge in [-0.2, -0.15) is 0 Å². The smallest absolute Gasteiger partial charge is 0.254 e. The lowest BCUT2D eigenvalue weighted by Gasteiger charge is -2.36. The molecule has 124 valence electrons. The van der Waals surface area contributed by atoms with Gasteiger partial charge in [-0.15, -0.1) is 0 Å². The molecule has 0 aromatic heterocycles. The molecule has 0 saturated carbocycles. The number of rotatable bonds is 3. The first-order valence-electron chi connectivity index (χ1n) is 8.23. The van der Waals surface area contributed by atoms with Crippen LogP contribution in [0.5, 0.6) is 0 Å². The second kappa shape index (κ2) is 6.95. The van der Waals surface area contributed by atoms with E-state index in [0.717, 1.165) is 24.8 Å². The van der Waals surface area contributed by atoms with Crippen LogP contribution in [0.25, 0.3) is 0 Å². The third kappa shape index (κ3) is 3.37. The number of nitrogens with zero attached hydrogens (tertiary/aromatic N) is 1. The number of carbonyl (C=O) groups is 2. The number of likely N-dealkylation sites (tertiary alicyclic amines) is 1. The van der Waals surface area contributed by atoms with Crippen LogP contribution in [0.3, 0.4) is 0 Å². The van der Waals surface area contributed by atoms with Crippen molar-refractivity contribution in [3.63, 3.8) is 0 Å².